The summed E-state index contributed by atoms with van der Waals surface area (Å²) in [6.45, 7) is 7.67. The van der Waals surface area contributed by atoms with Crippen molar-refractivity contribution in [2.24, 2.45) is 28.4 Å². The third-order valence-corrected chi connectivity index (χ3v) is 7.80. The van der Waals surface area contributed by atoms with Gasteiger partial charge in [-0.25, -0.2) is 0 Å². The lowest BCUT2D eigenvalue weighted by Gasteiger charge is -2.39. The van der Waals surface area contributed by atoms with Gasteiger partial charge in [0.25, 0.3) is 0 Å². The zero-order chi connectivity index (χ0) is 17.1. The maximum absolute atomic E-state index is 6.43. The van der Waals surface area contributed by atoms with E-state index in [-0.39, 0.29) is 17.8 Å². The van der Waals surface area contributed by atoms with Crippen molar-refractivity contribution in [2.45, 2.75) is 58.5 Å². The number of hydrogen-bond donors (Lipinski definition) is 1. The molecule has 2 bridgehead atoms. The standard InChI is InChI=1S/C20H28ClNO2/c1-19(2)14-8-9-20(19,3)18-13(14)10-17(24-18)23-16(11-22)12-6-4-5-7-15(12)21/h4-7,13-14,16-18H,8-11,22H2,1-3H3/t13-,14+,16+,17-,18-,20-/m0/s1. The summed E-state index contributed by atoms with van der Waals surface area (Å²) in [5.41, 5.74) is 7.55. The third kappa shape index (κ3) is 2.21. The van der Waals surface area contributed by atoms with E-state index in [0.717, 1.165) is 17.9 Å². The molecule has 0 amide bonds. The molecule has 0 unspecified atom stereocenters. The number of ether oxygens (including phenoxy) is 2. The highest BCUT2D eigenvalue weighted by atomic mass is 35.5. The molecule has 4 rings (SSSR count). The molecule has 4 heteroatoms. The molecule has 1 heterocycles. The molecule has 132 valence electrons. The van der Waals surface area contributed by atoms with Crippen LogP contribution in [0.1, 0.15) is 51.7 Å². The van der Waals surface area contributed by atoms with E-state index in [9.17, 15) is 0 Å². The molecule has 1 saturated heterocycles. The Labute approximate surface area is 149 Å². The van der Waals surface area contributed by atoms with Gasteiger partial charge in [0.05, 0.1) is 12.2 Å². The molecule has 0 aromatic heterocycles. The van der Waals surface area contributed by atoms with Gasteiger partial charge in [-0.15, -0.1) is 0 Å². The van der Waals surface area contributed by atoms with E-state index in [0.29, 0.717) is 29.0 Å². The van der Waals surface area contributed by atoms with Gasteiger partial charge >= 0.3 is 0 Å². The van der Waals surface area contributed by atoms with E-state index in [1.54, 1.807) is 0 Å². The smallest absolute Gasteiger partial charge is 0.159 e. The Balaban J connectivity index is 1.50. The quantitative estimate of drug-likeness (QED) is 0.867. The van der Waals surface area contributed by atoms with Gasteiger partial charge in [-0.2, -0.15) is 0 Å². The number of rotatable bonds is 4. The van der Waals surface area contributed by atoms with Crippen LogP contribution in [0.4, 0.5) is 0 Å². The highest BCUT2D eigenvalue weighted by Gasteiger charge is 2.69. The molecule has 1 aliphatic heterocycles. The number of nitrogens with two attached hydrogens (primary N) is 1. The van der Waals surface area contributed by atoms with Crippen molar-refractivity contribution in [3.8, 4) is 0 Å². The Bertz CT molecular complexity index is 634. The molecule has 3 nitrogen and oxygen atoms in total. The lowest BCUT2D eigenvalue weighted by molar-refractivity contribution is -0.185. The second kappa shape index (κ2) is 5.70. The fourth-order valence-electron chi connectivity index (χ4n) is 5.75. The normalized spacial score (nSPS) is 40.7. The van der Waals surface area contributed by atoms with Gasteiger partial charge in [0.15, 0.2) is 6.29 Å². The van der Waals surface area contributed by atoms with Gasteiger partial charge in [-0.05, 0) is 41.6 Å². The van der Waals surface area contributed by atoms with Crippen molar-refractivity contribution in [3.63, 3.8) is 0 Å². The van der Waals surface area contributed by atoms with E-state index in [4.69, 9.17) is 26.8 Å². The van der Waals surface area contributed by atoms with Crippen LogP contribution in [-0.2, 0) is 9.47 Å². The van der Waals surface area contributed by atoms with Gasteiger partial charge in [0, 0.05) is 23.6 Å². The molecule has 6 atom stereocenters. The van der Waals surface area contributed by atoms with Crippen LogP contribution in [-0.4, -0.2) is 18.9 Å². The first kappa shape index (κ1) is 16.8. The van der Waals surface area contributed by atoms with E-state index < -0.39 is 0 Å². The molecule has 1 aromatic rings. The number of hydrogen-bond acceptors (Lipinski definition) is 3. The van der Waals surface area contributed by atoms with Gasteiger partial charge in [-0.1, -0.05) is 50.6 Å². The minimum atomic E-state index is -0.207. The minimum absolute atomic E-state index is 0.166. The fourth-order valence-corrected chi connectivity index (χ4v) is 6.00. The van der Waals surface area contributed by atoms with Crippen molar-refractivity contribution in [1.82, 2.24) is 0 Å². The van der Waals surface area contributed by atoms with Crippen molar-refractivity contribution in [1.29, 1.82) is 0 Å². The lowest BCUT2D eigenvalue weighted by atomic mass is 9.70. The van der Waals surface area contributed by atoms with Crippen molar-refractivity contribution in [2.75, 3.05) is 6.54 Å². The zero-order valence-corrected chi connectivity index (χ0v) is 15.6. The first-order valence-corrected chi connectivity index (χ1v) is 9.51. The summed E-state index contributed by atoms with van der Waals surface area (Å²) in [4.78, 5) is 0. The predicted molar refractivity (Wildman–Crippen MR) is 95.7 cm³/mol. The number of halogens is 1. The maximum Gasteiger partial charge on any atom is 0.159 e. The van der Waals surface area contributed by atoms with E-state index in [2.05, 4.69) is 20.8 Å². The van der Waals surface area contributed by atoms with Crippen LogP contribution < -0.4 is 5.73 Å². The molecule has 3 aliphatic rings. The van der Waals surface area contributed by atoms with E-state index >= 15 is 0 Å². The highest BCUT2D eigenvalue weighted by Crippen LogP contribution is 2.71. The average Bonchev–Trinajstić information content (AvgIpc) is 3.11. The topological polar surface area (TPSA) is 44.5 Å². The number of benzene rings is 1. The minimum Gasteiger partial charge on any atom is -0.349 e. The second-order valence-electron chi connectivity index (χ2n) is 8.55. The average molecular weight is 350 g/mol. The molecule has 2 saturated carbocycles. The Morgan fingerprint density at radius 2 is 2.08 bits per heavy atom. The van der Waals surface area contributed by atoms with Crippen LogP contribution in [0, 0.1) is 22.7 Å². The lowest BCUT2D eigenvalue weighted by Crippen LogP contribution is -2.38. The first-order valence-electron chi connectivity index (χ1n) is 9.14. The summed E-state index contributed by atoms with van der Waals surface area (Å²) < 4.78 is 12.7. The summed E-state index contributed by atoms with van der Waals surface area (Å²) in [6.07, 6.45) is 3.52. The van der Waals surface area contributed by atoms with Crippen molar-refractivity contribution in [3.05, 3.63) is 34.9 Å². The molecule has 2 aliphatic carbocycles. The molecular weight excluding hydrogens is 322 g/mol. The largest absolute Gasteiger partial charge is 0.349 e. The summed E-state index contributed by atoms with van der Waals surface area (Å²) in [5.74, 6) is 1.37. The van der Waals surface area contributed by atoms with Gasteiger partial charge in [0.2, 0.25) is 0 Å². The van der Waals surface area contributed by atoms with Crippen LogP contribution in [0.3, 0.4) is 0 Å². The summed E-state index contributed by atoms with van der Waals surface area (Å²) in [6, 6.07) is 7.78. The molecular formula is C20H28ClNO2. The van der Waals surface area contributed by atoms with Crippen LogP contribution in [0.2, 0.25) is 5.02 Å². The van der Waals surface area contributed by atoms with Crippen LogP contribution >= 0.6 is 11.6 Å². The molecule has 2 N–H and O–H groups in total. The SMILES string of the molecule is CC1(C)[C@@H]2CC[C@@]1(C)[C@H]1O[C@H](O[C@H](CN)c3ccccc3Cl)C[C@@H]21. The Morgan fingerprint density at radius 1 is 1.33 bits per heavy atom. The van der Waals surface area contributed by atoms with Crippen LogP contribution in [0.5, 0.6) is 0 Å². The van der Waals surface area contributed by atoms with Gasteiger partial charge in [-0.3, -0.25) is 0 Å². The summed E-state index contributed by atoms with van der Waals surface area (Å²) in [5, 5.41) is 0.708. The molecule has 0 radical (unpaired) electrons. The van der Waals surface area contributed by atoms with Crippen LogP contribution in [0.25, 0.3) is 0 Å². The van der Waals surface area contributed by atoms with Crippen molar-refractivity contribution < 1.29 is 9.47 Å². The molecule has 3 fully saturated rings. The summed E-state index contributed by atoms with van der Waals surface area (Å²) >= 11 is 6.32. The van der Waals surface area contributed by atoms with Gasteiger partial charge in [0.1, 0.15) is 0 Å². The monoisotopic (exact) mass is 349 g/mol. The Kier molecular flexibility index (Phi) is 4.00. The number of fused-ring (bicyclic) bond motifs is 5. The van der Waals surface area contributed by atoms with E-state index in [1.165, 1.54) is 12.8 Å². The van der Waals surface area contributed by atoms with E-state index in [1.807, 2.05) is 24.3 Å². The summed E-state index contributed by atoms with van der Waals surface area (Å²) in [7, 11) is 0. The fraction of sp³-hybridized carbons (Fsp3) is 0.700. The molecule has 1 aromatic carbocycles. The Hall–Kier alpha value is -0.610. The Morgan fingerprint density at radius 3 is 2.75 bits per heavy atom. The van der Waals surface area contributed by atoms with Gasteiger partial charge < -0.3 is 15.2 Å². The predicted octanol–water partition coefficient (Wildman–Crippen LogP) is 4.54. The molecule has 24 heavy (non-hydrogen) atoms. The van der Waals surface area contributed by atoms with Crippen molar-refractivity contribution >= 4 is 11.6 Å². The maximum atomic E-state index is 6.43. The van der Waals surface area contributed by atoms with Crippen LogP contribution in [0.15, 0.2) is 24.3 Å². The third-order valence-electron chi connectivity index (χ3n) is 7.45. The zero-order valence-electron chi connectivity index (χ0n) is 14.8. The first-order chi connectivity index (χ1) is 11.4. The second-order valence-corrected chi connectivity index (χ2v) is 8.96. The highest BCUT2D eigenvalue weighted by molar-refractivity contribution is 6.31. The molecule has 0 spiro atoms.